The number of halogens is 3. The first-order valence-corrected chi connectivity index (χ1v) is 20.0. The van der Waals surface area contributed by atoms with Gasteiger partial charge in [-0.05, 0) is 139 Å². The fourth-order valence-electron chi connectivity index (χ4n) is 6.20. The van der Waals surface area contributed by atoms with Gasteiger partial charge in [-0.2, -0.15) is 0 Å². The third-order valence-corrected chi connectivity index (χ3v) is 11.4. The van der Waals surface area contributed by atoms with Crippen LogP contribution in [0, 0.1) is 0 Å². The van der Waals surface area contributed by atoms with Crippen molar-refractivity contribution in [3.05, 3.63) is 176 Å². The van der Waals surface area contributed by atoms with Crippen molar-refractivity contribution in [2.24, 2.45) is 0 Å². The van der Waals surface area contributed by atoms with Crippen LogP contribution in [0.5, 0.6) is 0 Å². The highest BCUT2D eigenvalue weighted by atomic mass is 79.9. The molecule has 0 aliphatic rings. The molecule has 3 amide bonds. The molecule has 3 heterocycles. The number of hydrogen-bond donors (Lipinski definition) is 0. The van der Waals surface area contributed by atoms with Gasteiger partial charge in [0.15, 0.2) is 0 Å². The molecule has 0 fully saturated rings. The summed E-state index contributed by atoms with van der Waals surface area (Å²) in [4.78, 5) is 60.3. The van der Waals surface area contributed by atoms with E-state index in [1.54, 1.807) is 76.1 Å². The second kappa shape index (κ2) is 17.1. The number of carbonyl (C=O) groups is 3. The zero-order valence-corrected chi connectivity index (χ0v) is 35.7. The van der Waals surface area contributed by atoms with E-state index in [4.69, 9.17) is 0 Å². The molecule has 0 saturated carbocycles. The number of amides is 3. The van der Waals surface area contributed by atoms with Crippen molar-refractivity contribution in [2.75, 3.05) is 35.8 Å². The third kappa shape index (κ3) is 8.48. The van der Waals surface area contributed by atoms with Gasteiger partial charge in [0, 0.05) is 86.9 Å². The summed E-state index contributed by atoms with van der Waals surface area (Å²) in [6.45, 7) is 0. The third-order valence-electron chi connectivity index (χ3n) is 9.44. The Balaban J connectivity index is 1.24. The highest BCUT2D eigenvalue weighted by molar-refractivity contribution is 9.11. The van der Waals surface area contributed by atoms with E-state index in [0.29, 0.717) is 47.2 Å². The maximum Gasteiger partial charge on any atom is 0.259 e. The van der Waals surface area contributed by atoms with Crippen molar-refractivity contribution in [2.45, 2.75) is 0 Å². The van der Waals surface area contributed by atoms with Crippen LogP contribution in [0.25, 0.3) is 33.8 Å². The standard InChI is InChI=1S/C45H33Br3N6O3/c1-52(43(55)34-16-13-28(22-37(34)46)40-10-4-7-19-49-40)31-25-32(53(2)44(56)35-17-14-29(23-38(35)47)41-11-5-8-20-50-41)27-33(26-31)54(3)45(57)36-18-15-30(24-39(36)48)42-12-6-9-21-51-42/h4-27H,1-3H3. The summed E-state index contributed by atoms with van der Waals surface area (Å²) in [5, 5.41) is 0. The lowest BCUT2D eigenvalue weighted by Crippen LogP contribution is -2.31. The summed E-state index contributed by atoms with van der Waals surface area (Å²) in [6.07, 6.45) is 5.15. The Morgan fingerprint density at radius 2 is 0.684 bits per heavy atom. The minimum Gasteiger partial charge on any atom is -0.311 e. The predicted octanol–water partition coefficient (Wildman–Crippen LogP) is 11.0. The smallest absolute Gasteiger partial charge is 0.259 e. The van der Waals surface area contributed by atoms with Crippen molar-refractivity contribution in [3.63, 3.8) is 0 Å². The van der Waals surface area contributed by atoms with E-state index in [2.05, 4.69) is 62.7 Å². The Morgan fingerprint density at radius 3 is 0.912 bits per heavy atom. The molecule has 7 rings (SSSR count). The number of benzene rings is 4. The molecule has 0 bridgehead atoms. The molecule has 57 heavy (non-hydrogen) atoms. The van der Waals surface area contributed by atoms with E-state index in [0.717, 1.165) is 33.8 Å². The van der Waals surface area contributed by atoms with Gasteiger partial charge in [0.05, 0.1) is 33.8 Å². The van der Waals surface area contributed by atoms with Crippen molar-refractivity contribution in [1.29, 1.82) is 0 Å². The van der Waals surface area contributed by atoms with Crippen molar-refractivity contribution in [3.8, 4) is 33.8 Å². The van der Waals surface area contributed by atoms with E-state index in [9.17, 15) is 14.4 Å². The molecule has 0 aliphatic heterocycles. The lowest BCUT2D eigenvalue weighted by Gasteiger charge is -2.26. The molecule has 0 unspecified atom stereocenters. The van der Waals surface area contributed by atoms with Gasteiger partial charge >= 0.3 is 0 Å². The van der Waals surface area contributed by atoms with E-state index >= 15 is 0 Å². The Hall–Kier alpha value is -5.82. The van der Waals surface area contributed by atoms with Gasteiger partial charge in [-0.3, -0.25) is 29.3 Å². The molecule has 0 spiro atoms. The van der Waals surface area contributed by atoms with Gasteiger partial charge < -0.3 is 14.7 Å². The zero-order chi connectivity index (χ0) is 40.2. The number of aromatic nitrogens is 3. The van der Waals surface area contributed by atoms with Gasteiger partial charge in [0.25, 0.3) is 17.7 Å². The van der Waals surface area contributed by atoms with E-state index in [-0.39, 0.29) is 17.7 Å². The average Bonchev–Trinajstić information content (AvgIpc) is 3.25. The highest BCUT2D eigenvalue weighted by Crippen LogP contribution is 2.35. The van der Waals surface area contributed by atoms with Crippen LogP contribution >= 0.6 is 47.8 Å². The van der Waals surface area contributed by atoms with Gasteiger partial charge in [0.2, 0.25) is 0 Å². The number of rotatable bonds is 9. The molecule has 0 atom stereocenters. The maximum atomic E-state index is 14.2. The molecule has 0 saturated heterocycles. The minimum absolute atomic E-state index is 0.304. The Morgan fingerprint density at radius 1 is 0.404 bits per heavy atom. The van der Waals surface area contributed by atoms with Gasteiger partial charge in [-0.15, -0.1) is 0 Å². The molecule has 0 aliphatic carbocycles. The molecule has 3 aromatic heterocycles. The van der Waals surface area contributed by atoms with Crippen molar-refractivity contribution < 1.29 is 14.4 Å². The fourth-order valence-corrected chi connectivity index (χ4v) is 7.84. The molecule has 0 N–H and O–H groups in total. The Labute approximate surface area is 355 Å². The monoisotopic (exact) mass is 942 g/mol. The van der Waals surface area contributed by atoms with Crippen LogP contribution in [0.15, 0.2) is 159 Å². The van der Waals surface area contributed by atoms with Gasteiger partial charge in [0.1, 0.15) is 0 Å². The van der Waals surface area contributed by atoms with Crippen LogP contribution < -0.4 is 14.7 Å². The summed E-state index contributed by atoms with van der Waals surface area (Å²) in [6, 6.07) is 38.6. The first-order valence-electron chi connectivity index (χ1n) is 17.6. The molecule has 12 heteroatoms. The van der Waals surface area contributed by atoms with Crippen molar-refractivity contribution in [1.82, 2.24) is 15.0 Å². The van der Waals surface area contributed by atoms with E-state index < -0.39 is 0 Å². The normalized spacial score (nSPS) is 10.8. The first-order chi connectivity index (χ1) is 27.5. The SMILES string of the molecule is CN(C(=O)c1ccc(-c2ccccn2)cc1Br)c1cc(N(C)C(=O)c2ccc(-c3ccccn3)cc2Br)cc(N(C)C(=O)c2ccc(-c3ccccn3)cc2Br)c1. The molecule has 0 radical (unpaired) electrons. The summed E-state index contributed by atoms with van der Waals surface area (Å²) < 4.78 is 1.78. The first kappa shape index (κ1) is 39.4. The zero-order valence-electron chi connectivity index (χ0n) is 30.9. The van der Waals surface area contributed by atoms with E-state index in [1.807, 2.05) is 91.0 Å². The lowest BCUT2D eigenvalue weighted by molar-refractivity contribution is 0.0985. The van der Waals surface area contributed by atoms with Crippen LogP contribution in [0.2, 0.25) is 0 Å². The highest BCUT2D eigenvalue weighted by Gasteiger charge is 2.25. The molecule has 9 nitrogen and oxygen atoms in total. The molecule has 7 aromatic rings. The van der Waals surface area contributed by atoms with Crippen LogP contribution in [0.3, 0.4) is 0 Å². The second-order valence-electron chi connectivity index (χ2n) is 13.0. The fraction of sp³-hybridized carbons (Fsp3) is 0.0667. The second-order valence-corrected chi connectivity index (χ2v) is 15.6. The lowest BCUT2D eigenvalue weighted by atomic mass is 10.1. The van der Waals surface area contributed by atoms with Crippen LogP contribution in [-0.2, 0) is 0 Å². The molecular formula is C45H33Br3N6O3. The summed E-state index contributed by atoms with van der Waals surface area (Å²) in [5.41, 5.74) is 7.53. The summed E-state index contributed by atoms with van der Waals surface area (Å²) >= 11 is 10.8. The number of hydrogen-bond acceptors (Lipinski definition) is 6. The molecular weight excluding hydrogens is 912 g/mol. The number of anilines is 3. The Kier molecular flexibility index (Phi) is 11.8. The van der Waals surface area contributed by atoms with Crippen LogP contribution in [-0.4, -0.2) is 53.8 Å². The molecule has 4 aromatic carbocycles. The van der Waals surface area contributed by atoms with Gasteiger partial charge in [-0.1, -0.05) is 36.4 Å². The maximum absolute atomic E-state index is 14.2. The number of pyridine rings is 3. The topological polar surface area (TPSA) is 99.6 Å². The van der Waals surface area contributed by atoms with Crippen molar-refractivity contribution >= 4 is 82.6 Å². The number of carbonyl (C=O) groups excluding carboxylic acids is 3. The van der Waals surface area contributed by atoms with Gasteiger partial charge in [-0.25, -0.2) is 0 Å². The molecule has 282 valence electrons. The minimum atomic E-state index is -0.304. The number of nitrogens with zero attached hydrogens (tertiary/aromatic N) is 6. The van der Waals surface area contributed by atoms with Crippen LogP contribution in [0.1, 0.15) is 31.1 Å². The summed E-state index contributed by atoms with van der Waals surface area (Å²) in [7, 11) is 4.98. The van der Waals surface area contributed by atoms with E-state index in [1.165, 1.54) is 14.7 Å². The Bertz CT molecular complexity index is 2330. The predicted molar refractivity (Wildman–Crippen MR) is 237 cm³/mol. The quantitative estimate of drug-likeness (QED) is 0.143. The largest absolute Gasteiger partial charge is 0.311 e. The van der Waals surface area contributed by atoms with Crippen LogP contribution in [0.4, 0.5) is 17.1 Å². The summed E-state index contributed by atoms with van der Waals surface area (Å²) in [5.74, 6) is -0.913. The average molecular weight is 946 g/mol.